The Morgan fingerprint density at radius 2 is 1.58 bits per heavy atom. The number of halogens is 1. The fraction of sp³-hybridized carbons (Fsp3) is 0.355. The molecule has 0 saturated heterocycles. The second-order valence-corrected chi connectivity index (χ2v) is 9.98. The van der Waals surface area contributed by atoms with Crippen LogP contribution in [0.3, 0.4) is 0 Å². The maximum Gasteiger partial charge on any atom is 0.243 e. The summed E-state index contributed by atoms with van der Waals surface area (Å²) in [4.78, 5) is 28.8. The SMILES string of the molecule is CCCNC(=O)C(Cc1ccccc1)N(Cc1cccc(Cl)c1)C(=O)CCc1ccc(C(C)C)cc1. The monoisotopic (exact) mass is 504 g/mol. The van der Waals surface area contributed by atoms with Gasteiger partial charge in [-0.05, 0) is 53.1 Å². The Kier molecular flexibility index (Phi) is 10.6. The van der Waals surface area contributed by atoms with Crippen molar-refractivity contribution >= 4 is 23.4 Å². The molecule has 0 aliphatic rings. The molecule has 1 atom stereocenters. The summed E-state index contributed by atoms with van der Waals surface area (Å²) < 4.78 is 0. The third kappa shape index (κ3) is 8.23. The molecule has 190 valence electrons. The minimum absolute atomic E-state index is 0.0458. The van der Waals surface area contributed by atoms with Crippen molar-refractivity contribution in [1.29, 1.82) is 0 Å². The van der Waals surface area contributed by atoms with E-state index in [1.165, 1.54) is 5.56 Å². The molecule has 0 aliphatic carbocycles. The van der Waals surface area contributed by atoms with Crippen molar-refractivity contribution in [1.82, 2.24) is 10.2 Å². The van der Waals surface area contributed by atoms with E-state index in [0.29, 0.717) is 43.3 Å². The van der Waals surface area contributed by atoms with E-state index in [0.717, 1.165) is 23.1 Å². The van der Waals surface area contributed by atoms with Gasteiger partial charge in [0.15, 0.2) is 0 Å². The summed E-state index contributed by atoms with van der Waals surface area (Å²) >= 11 is 6.24. The molecule has 2 amide bonds. The first-order chi connectivity index (χ1) is 17.4. The fourth-order valence-corrected chi connectivity index (χ4v) is 4.43. The fourth-order valence-electron chi connectivity index (χ4n) is 4.22. The molecule has 3 aromatic rings. The van der Waals surface area contributed by atoms with Gasteiger partial charge in [0.1, 0.15) is 6.04 Å². The zero-order valence-corrected chi connectivity index (χ0v) is 22.3. The lowest BCUT2D eigenvalue weighted by Crippen LogP contribution is -2.50. The van der Waals surface area contributed by atoms with Crippen LogP contribution in [0.1, 0.15) is 61.8 Å². The van der Waals surface area contributed by atoms with E-state index in [1.807, 2.05) is 61.5 Å². The summed E-state index contributed by atoms with van der Waals surface area (Å²) in [6.07, 6.45) is 2.23. The average Bonchev–Trinajstić information content (AvgIpc) is 2.88. The van der Waals surface area contributed by atoms with Crippen LogP contribution in [0.25, 0.3) is 0 Å². The van der Waals surface area contributed by atoms with E-state index in [4.69, 9.17) is 11.6 Å². The van der Waals surface area contributed by atoms with Gasteiger partial charge in [0.25, 0.3) is 0 Å². The zero-order chi connectivity index (χ0) is 25.9. The van der Waals surface area contributed by atoms with Crippen molar-refractivity contribution in [2.75, 3.05) is 6.54 Å². The molecule has 0 bridgehead atoms. The lowest BCUT2D eigenvalue weighted by Gasteiger charge is -2.31. The summed E-state index contributed by atoms with van der Waals surface area (Å²) in [5.41, 5.74) is 4.31. The van der Waals surface area contributed by atoms with Crippen molar-refractivity contribution in [2.45, 2.75) is 65.0 Å². The molecule has 0 heterocycles. The second-order valence-electron chi connectivity index (χ2n) is 9.54. The molecule has 3 rings (SSSR count). The number of aryl methyl sites for hydroxylation is 1. The quantitative estimate of drug-likeness (QED) is 0.303. The number of hydrogen-bond acceptors (Lipinski definition) is 2. The van der Waals surface area contributed by atoms with Crippen molar-refractivity contribution in [3.05, 3.63) is 106 Å². The lowest BCUT2D eigenvalue weighted by atomic mass is 9.99. The molecule has 1 unspecified atom stereocenters. The van der Waals surface area contributed by atoms with Gasteiger partial charge < -0.3 is 10.2 Å². The second kappa shape index (κ2) is 13.8. The number of carbonyl (C=O) groups excluding carboxylic acids is 2. The molecule has 1 N–H and O–H groups in total. The van der Waals surface area contributed by atoms with E-state index in [9.17, 15) is 9.59 Å². The summed E-state index contributed by atoms with van der Waals surface area (Å²) in [6, 6.07) is 25.2. The first-order valence-electron chi connectivity index (χ1n) is 12.8. The van der Waals surface area contributed by atoms with Gasteiger partial charge in [-0.2, -0.15) is 0 Å². The van der Waals surface area contributed by atoms with Crippen molar-refractivity contribution < 1.29 is 9.59 Å². The zero-order valence-electron chi connectivity index (χ0n) is 21.5. The van der Waals surface area contributed by atoms with E-state index < -0.39 is 6.04 Å². The Morgan fingerprint density at radius 3 is 2.22 bits per heavy atom. The number of rotatable bonds is 12. The van der Waals surface area contributed by atoms with Gasteiger partial charge in [0.2, 0.25) is 11.8 Å². The van der Waals surface area contributed by atoms with Crippen LogP contribution >= 0.6 is 11.6 Å². The number of nitrogens with one attached hydrogen (secondary N) is 1. The Balaban J connectivity index is 1.86. The van der Waals surface area contributed by atoms with Gasteiger partial charge in [-0.25, -0.2) is 0 Å². The first kappa shape index (κ1) is 27.5. The molecule has 0 aromatic heterocycles. The predicted molar refractivity (Wildman–Crippen MR) is 148 cm³/mol. The normalized spacial score (nSPS) is 11.8. The molecule has 0 fully saturated rings. The Morgan fingerprint density at radius 1 is 0.889 bits per heavy atom. The topological polar surface area (TPSA) is 49.4 Å². The van der Waals surface area contributed by atoms with Crippen molar-refractivity contribution in [3.8, 4) is 0 Å². The van der Waals surface area contributed by atoms with Gasteiger partial charge >= 0.3 is 0 Å². The summed E-state index contributed by atoms with van der Waals surface area (Å²) in [7, 11) is 0. The van der Waals surface area contributed by atoms with Gasteiger partial charge in [-0.3, -0.25) is 9.59 Å². The van der Waals surface area contributed by atoms with Crippen molar-refractivity contribution in [2.24, 2.45) is 0 Å². The van der Waals surface area contributed by atoms with Crippen LogP contribution in [0, 0.1) is 0 Å². The number of benzene rings is 3. The van der Waals surface area contributed by atoms with Crippen LogP contribution in [0.5, 0.6) is 0 Å². The molecule has 0 aliphatic heterocycles. The van der Waals surface area contributed by atoms with Crippen LogP contribution in [-0.4, -0.2) is 29.3 Å². The Labute approximate surface area is 220 Å². The summed E-state index contributed by atoms with van der Waals surface area (Å²) in [5.74, 6) is 0.294. The van der Waals surface area contributed by atoms with Gasteiger partial charge in [-0.1, -0.05) is 99.1 Å². The Bertz CT molecular complexity index is 1110. The molecule has 3 aromatic carbocycles. The van der Waals surface area contributed by atoms with E-state index >= 15 is 0 Å². The van der Waals surface area contributed by atoms with Crippen LogP contribution in [-0.2, 0) is 29.0 Å². The molecule has 5 heteroatoms. The number of amides is 2. The molecular formula is C31H37ClN2O2. The van der Waals surface area contributed by atoms with Gasteiger partial charge in [-0.15, -0.1) is 0 Å². The molecule has 0 saturated carbocycles. The van der Waals surface area contributed by atoms with Crippen LogP contribution in [0.15, 0.2) is 78.9 Å². The highest BCUT2D eigenvalue weighted by atomic mass is 35.5. The Hall–Kier alpha value is -3.11. The largest absolute Gasteiger partial charge is 0.354 e. The predicted octanol–water partition coefficient (Wildman–Crippen LogP) is 6.56. The third-order valence-corrected chi connectivity index (χ3v) is 6.57. The molecule has 0 spiro atoms. The number of nitrogens with zero attached hydrogens (tertiary/aromatic N) is 1. The van der Waals surface area contributed by atoms with E-state index in [2.05, 4.69) is 43.4 Å². The number of carbonyl (C=O) groups is 2. The summed E-state index contributed by atoms with van der Waals surface area (Å²) in [6.45, 7) is 7.26. The van der Waals surface area contributed by atoms with Gasteiger partial charge in [0, 0.05) is 31.0 Å². The van der Waals surface area contributed by atoms with E-state index in [1.54, 1.807) is 4.90 Å². The first-order valence-corrected chi connectivity index (χ1v) is 13.2. The summed E-state index contributed by atoms with van der Waals surface area (Å²) in [5, 5.41) is 3.63. The van der Waals surface area contributed by atoms with Crippen LogP contribution in [0.2, 0.25) is 5.02 Å². The minimum atomic E-state index is -0.617. The minimum Gasteiger partial charge on any atom is -0.354 e. The lowest BCUT2D eigenvalue weighted by molar-refractivity contribution is -0.141. The smallest absolute Gasteiger partial charge is 0.243 e. The third-order valence-electron chi connectivity index (χ3n) is 6.34. The molecule has 4 nitrogen and oxygen atoms in total. The highest BCUT2D eigenvalue weighted by molar-refractivity contribution is 6.30. The maximum absolute atomic E-state index is 13.7. The molecule has 36 heavy (non-hydrogen) atoms. The van der Waals surface area contributed by atoms with Gasteiger partial charge in [0.05, 0.1) is 0 Å². The number of hydrogen-bond donors (Lipinski definition) is 1. The maximum atomic E-state index is 13.7. The molecular weight excluding hydrogens is 468 g/mol. The van der Waals surface area contributed by atoms with Crippen LogP contribution < -0.4 is 5.32 Å². The van der Waals surface area contributed by atoms with Crippen molar-refractivity contribution in [3.63, 3.8) is 0 Å². The van der Waals surface area contributed by atoms with Crippen LogP contribution in [0.4, 0.5) is 0 Å². The standard InChI is InChI=1S/C31H37ClN2O2/c1-4-19-33-31(36)29(21-25-9-6-5-7-10-25)34(22-26-11-8-12-28(32)20-26)30(35)18-15-24-13-16-27(17-14-24)23(2)3/h5-14,16-17,20,23,29H,4,15,18-19,21-22H2,1-3H3,(H,33,36). The molecule has 0 radical (unpaired) electrons. The van der Waals surface area contributed by atoms with E-state index in [-0.39, 0.29) is 11.8 Å². The highest BCUT2D eigenvalue weighted by Gasteiger charge is 2.30. The average molecular weight is 505 g/mol. The highest BCUT2D eigenvalue weighted by Crippen LogP contribution is 2.20.